The first-order chi connectivity index (χ1) is 15.6. The highest BCUT2D eigenvalue weighted by molar-refractivity contribution is 7.89. The van der Waals surface area contributed by atoms with Crippen LogP contribution in [0, 0.1) is 5.92 Å². The van der Waals surface area contributed by atoms with Gasteiger partial charge in [0.25, 0.3) is 0 Å². The molecule has 1 fully saturated rings. The Balaban J connectivity index is 1.27. The molecule has 4 rings (SSSR count). The molecule has 6 heteroatoms. The third-order valence-corrected chi connectivity index (χ3v) is 6.96. The van der Waals surface area contributed by atoms with E-state index in [1.165, 1.54) is 18.2 Å². The van der Waals surface area contributed by atoms with Gasteiger partial charge >= 0.3 is 5.97 Å². The molecule has 1 saturated heterocycles. The Morgan fingerprint density at radius 3 is 2.41 bits per heavy atom. The maximum Gasteiger partial charge on any atom is 0.305 e. The average molecular weight is 450 g/mol. The molecule has 166 valence electrons. The zero-order valence-electron chi connectivity index (χ0n) is 18.1. The largest absolute Gasteiger partial charge is 0.593 e. The molecule has 0 bridgehead atoms. The molecule has 0 saturated carbocycles. The summed E-state index contributed by atoms with van der Waals surface area (Å²) in [5, 5.41) is 0. The number of carbonyl (C=O) groups excluding carboxylic acids is 1. The van der Waals surface area contributed by atoms with E-state index in [0.717, 1.165) is 22.6 Å². The fourth-order valence-corrected chi connectivity index (χ4v) is 5.06. The van der Waals surface area contributed by atoms with Crippen molar-refractivity contribution in [3.8, 4) is 5.75 Å². The highest BCUT2D eigenvalue weighted by Crippen LogP contribution is 2.27. The van der Waals surface area contributed by atoms with Crippen molar-refractivity contribution >= 4 is 17.3 Å². The Morgan fingerprint density at radius 1 is 0.969 bits per heavy atom. The highest BCUT2D eigenvalue weighted by atomic mass is 32.2. The minimum absolute atomic E-state index is 0.213. The molecule has 32 heavy (non-hydrogen) atoms. The quantitative estimate of drug-likeness (QED) is 0.359. The summed E-state index contributed by atoms with van der Waals surface area (Å²) in [7, 11) is 1.39. The predicted molar refractivity (Wildman–Crippen MR) is 125 cm³/mol. The predicted octanol–water partition coefficient (Wildman–Crippen LogP) is 4.37. The van der Waals surface area contributed by atoms with E-state index in [0.29, 0.717) is 26.1 Å². The molecular formula is C26H27NO4S. The molecule has 1 aliphatic rings. The van der Waals surface area contributed by atoms with Gasteiger partial charge in [0.05, 0.1) is 24.9 Å². The number of ether oxygens (including phenoxy) is 2. The summed E-state index contributed by atoms with van der Waals surface area (Å²) in [6, 6.07) is 26.2. The van der Waals surface area contributed by atoms with Crippen LogP contribution in [0.5, 0.6) is 5.75 Å². The lowest BCUT2D eigenvalue weighted by molar-refractivity contribution is -0.142. The molecule has 1 unspecified atom stereocenters. The van der Waals surface area contributed by atoms with E-state index in [4.69, 9.17) is 9.47 Å². The van der Waals surface area contributed by atoms with Crippen LogP contribution in [0.4, 0.5) is 0 Å². The van der Waals surface area contributed by atoms with Gasteiger partial charge in [0.2, 0.25) is 0 Å². The Morgan fingerprint density at radius 2 is 1.69 bits per heavy atom. The van der Waals surface area contributed by atoms with E-state index >= 15 is 0 Å². The van der Waals surface area contributed by atoms with Gasteiger partial charge in [-0.1, -0.05) is 54.6 Å². The molecule has 1 heterocycles. The Kier molecular flexibility index (Phi) is 7.47. The molecule has 0 radical (unpaired) electrons. The second kappa shape index (κ2) is 10.7. The monoisotopic (exact) mass is 449 g/mol. The van der Waals surface area contributed by atoms with Crippen molar-refractivity contribution in [1.82, 2.24) is 4.31 Å². The summed E-state index contributed by atoms with van der Waals surface area (Å²) in [4.78, 5) is 12.1. The Bertz CT molecular complexity index is 1020. The number of methoxy groups -OCH3 is 1. The van der Waals surface area contributed by atoms with Crippen molar-refractivity contribution in [2.24, 2.45) is 5.92 Å². The van der Waals surface area contributed by atoms with E-state index in [-0.39, 0.29) is 11.9 Å². The summed E-state index contributed by atoms with van der Waals surface area (Å²) >= 11 is -1.21. The molecular weight excluding hydrogens is 422 g/mol. The first-order valence-electron chi connectivity index (χ1n) is 10.7. The van der Waals surface area contributed by atoms with Crippen molar-refractivity contribution in [1.29, 1.82) is 0 Å². The first kappa shape index (κ1) is 22.4. The van der Waals surface area contributed by atoms with Gasteiger partial charge in [-0.25, -0.2) is 0 Å². The third-order valence-electron chi connectivity index (χ3n) is 5.52. The van der Waals surface area contributed by atoms with Crippen LogP contribution in [0.3, 0.4) is 0 Å². The second-order valence-corrected chi connectivity index (χ2v) is 9.47. The number of benzene rings is 3. The zero-order valence-corrected chi connectivity index (χ0v) is 18.9. The number of esters is 1. The average Bonchev–Trinajstić information content (AvgIpc) is 2.80. The molecule has 0 aromatic heterocycles. The smallest absolute Gasteiger partial charge is 0.305 e. The summed E-state index contributed by atoms with van der Waals surface area (Å²) in [5.74, 6) is 0.843. The maximum atomic E-state index is 12.7. The molecule has 0 amide bonds. The van der Waals surface area contributed by atoms with Gasteiger partial charge in [0, 0.05) is 19.0 Å². The molecule has 5 nitrogen and oxygen atoms in total. The van der Waals surface area contributed by atoms with Crippen LogP contribution < -0.4 is 4.74 Å². The molecule has 3 aromatic carbocycles. The van der Waals surface area contributed by atoms with Gasteiger partial charge in [-0.2, -0.15) is 0 Å². The fraction of sp³-hybridized carbons (Fsp3) is 0.269. The minimum Gasteiger partial charge on any atom is -0.593 e. The topological polar surface area (TPSA) is 61.8 Å². The van der Waals surface area contributed by atoms with Crippen molar-refractivity contribution < 1.29 is 18.8 Å². The van der Waals surface area contributed by atoms with Gasteiger partial charge in [0.15, 0.2) is 4.90 Å². The summed E-state index contributed by atoms with van der Waals surface area (Å²) in [6.07, 6.45) is 1.25. The van der Waals surface area contributed by atoms with Crippen molar-refractivity contribution in [3.63, 3.8) is 0 Å². The minimum atomic E-state index is -1.21. The Labute approximate surface area is 192 Å². The van der Waals surface area contributed by atoms with E-state index in [1.54, 1.807) is 0 Å². The van der Waals surface area contributed by atoms with E-state index < -0.39 is 11.4 Å². The van der Waals surface area contributed by atoms with E-state index in [1.807, 2.05) is 46.8 Å². The highest BCUT2D eigenvalue weighted by Gasteiger charge is 2.37. The third kappa shape index (κ3) is 5.91. The SMILES string of the molecule is COC(=O)CC1CN([S+]([O-])c2ccc(COc3cccc(Cc4ccccc4)c3)cc2)C1. The van der Waals surface area contributed by atoms with Crippen LogP contribution in [-0.2, 0) is 33.9 Å². The van der Waals surface area contributed by atoms with Crippen LogP contribution >= 0.6 is 0 Å². The standard InChI is InChI=1S/C26H27NO4S/c1-30-26(28)16-23-17-27(18-23)32(29)25-12-10-21(11-13-25)19-31-24-9-5-8-22(15-24)14-20-6-3-2-4-7-20/h2-13,15,23H,14,16-19H2,1H3. The van der Waals surface area contributed by atoms with Crippen molar-refractivity contribution in [2.75, 3.05) is 20.2 Å². The zero-order chi connectivity index (χ0) is 22.3. The van der Waals surface area contributed by atoms with Crippen LogP contribution in [0.1, 0.15) is 23.1 Å². The molecule has 0 spiro atoms. The van der Waals surface area contributed by atoms with E-state index in [9.17, 15) is 9.35 Å². The normalized spacial score (nSPS) is 15.1. The van der Waals surface area contributed by atoms with Gasteiger partial charge in [-0.3, -0.25) is 4.79 Å². The fourth-order valence-electron chi connectivity index (χ4n) is 3.70. The van der Waals surface area contributed by atoms with Crippen LogP contribution in [-0.4, -0.2) is 35.0 Å². The summed E-state index contributed by atoms with van der Waals surface area (Å²) in [5.41, 5.74) is 3.50. The first-order valence-corrected chi connectivity index (χ1v) is 11.8. The summed E-state index contributed by atoms with van der Waals surface area (Å²) in [6.45, 7) is 1.74. The number of rotatable bonds is 9. The van der Waals surface area contributed by atoms with Gasteiger partial charge in [0.1, 0.15) is 12.4 Å². The van der Waals surface area contributed by atoms with Crippen LogP contribution in [0.15, 0.2) is 83.8 Å². The molecule has 0 aliphatic carbocycles. The van der Waals surface area contributed by atoms with Gasteiger partial charge in [-0.05, 0) is 47.4 Å². The van der Waals surface area contributed by atoms with Crippen molar-refractivity contribution in [2.45, 2.75) is 24.3 Å². The maximum absolute atomic E-state index is 12.7. The lowest BCUT2D eigenvalue weighted by atomic mass is 10.00. The van der Waals surface area contributed by atoms with E-state index in [2.05, 4.69) is 36.4 Å². The molecule has 3 aromatic rings. The van der Waals surface area contributed by atoms with Crippen LogP contribution in [0.2, 0.25) is 0 Å². The lowest BCUT2D eigenvalue weighted by Crippen LogP contribution is -2.50. The Hall–Kier alpha value is -2.80. The molecule has 1 atom stereocenters. The number of hydrogen-bond acceptors (Lipinski definition) is 5. The molecule has 0 N–H and O–H groups in total. The van der Waals surface area contributed by atoms with Crippen molar-refractivity contribution in [3.05, 3.63) is 95.6 Å². The number of carbonyl (C=O) groups is 1. The lowest BCUT2D eigenvalue weighted by Gasteiger charge is -2.37. The summed E-state index contributed by atoms with van der Waals surface area (Å²) < 4.78 is 25.2. The second-order valence-electron chi connectivity index (χ2n) is 7.98. The van der Waals surface area contributed by atoms with Gasteiger partial charge < -0.3 is 14.0 Å². The van der Waals surface area contributed by atoms with Gasteiger partial charge in [-0.15, -0.1) is 4.31 Å². The molecule has 1 aliphatic heterocycles. The van der Waals surface area contributed by atoms with Crippen LogP contribution in [0.25, 0.3) is 0 Å². The number of nitrogens with zero attached hydrogens (tertiary/aromatic N) is 1. The number of hydrogen-bond donors (Lipinski definition) is 0.